The maximum absolute atomic E-state index is 12.3. The molecule has 0 unspecified atom stereocenters. The van der Waals surface area contributed by atoms with Gasteiger partial charge in [0.1, 0.15) is 11.5 Å². The molecule has 1 aliphatic heterocycles. The maximum Gasteiger partial charge on any atom is 0.258 e. The zero-order chi connectivity index (χ0) is 17.9. The van der Waals surface area contributed by atoms with Gasteiger partial charge in [0.2, 0.25) is 0 Å². The Morgan fingerprint density at radius 2 is 2.19 bits per heavy atom. The summed E-state index contributed by atoms with van der Waals surface area (Å²) in [4.78, 5) is 23.7. The monoisotopic (exact) mass is 349 g/mol. The third-order valence-electron chi connectivity index (χ3n) is 4.85. The predicted octanol–water partition coefficient (Wildman–Crippen LogP) is 2.33. The van der Waals surface area contributed by atoms with Crippen LogP contribution in [0.3, 0.4) is 0 Å². The van der Waals surface area contributed by atoms with Crippen LogP contribution in [-0.2, 0) is 6.54 Å². The summed E-state index contributed by atoms with van der Waals surface area (Å²) in [5.41, 5.74) is 2.60. The van der Waals surface area contributed by atoms with Gasteiger partial charge in [-0.05, 0) is 49.6 Å². The Morgan fingerprint density at radius 3 is 3.04 bits per heavy atom. The Bertz CT molecular complexity index is 953. The number of aryl methyl sites for hydroxylation is 1. The molecule has 0 bridgehead atoms. The highest BCUT2D eigenvalue weighted by Crippen LogP contribution is 2.18. The van der Waals surface area contributed by atoms with Crippen LogP contribution >= 0.6 is 0 Å². The summed E-state index contributed by atoms with van der Waals surface area (Å²) >= 11 is 0. The highest BCUT2D eigenvalue weighted by atomic mass is 16.1. The summed E-state index contributed by atoms with van der Waals surface area (Å²) in [6, 6.07) is 11.4. The number of aromatic nitrogens is 3. The molecule has 1 aliphatic rings. The summed E-state index contributed by atoms with van der Waals surface area (Å²) in [7, 11) is 0. The number of pyridine rings is 2. The summed E-state index contributed by atoms with van der Waals surface area (Å²) in [5, 5.41) is 3.40. The van der Waals surface area contributed by atoms with Gasteiger partial charge in [0.25, 0.3) is 5.56 Å². The molecule has 4 rings (SSSR count). The minimum atomic E-state index is -0.0127. The van der Waals surface area contributed by atoms with Gasteiger partial charge in [-0.2, -0.15) is 0 Å². The average Bonchev–Trinajstić information content (AvgIpc) is 3.09. The van der Waals surface area contributed by atoms with Crippen LogP contribution in [0, 0.1) is 12.8 Å². The molecule has 1 atom stereocenters. The van der Waals surface area contributed by atoms with E-state index in [0.29, 0.717) is 11.6 Å². The Labute approximate surface area is 152 Å². The Balaban J connectivity index is 1.38. The van der Waals surface area contributed by atoms with Crippen LogP contribution in [0.5, 0.6) is 0 Å². The van der Waals surface area contributed by atoms with E-state index in [1.165, 1.54) is 0 Å². The van der Waals surface area contributed by atoms with Crippen molar-refractivity contribution in [3.05, 3.63) is 70.4 Å². The van der Waals surface area contributed by atoms with Crippen LogP contribution in [0.15, 0.2) is 53.6 Å². The zero-order valence-electron chi connectivity index (χ0n) is 14.9. The summed E-state index contributed by atoms with van der Waals surface area (Å²) in [6.45, 7) is 5.65. The number of hydrogen-bond acceptors (Lipinski definition) is 5. The molecule has 26 heavy (non-hydrogen) atoms. The highest BCUT2D eigenvalue weighted by molar-refractivity contribution is 5.40. The van der Waals surface area contributed by atoms with Crippen LogP contribution in [0.2, 0.25) is 0 Å². The molecule has 6 heteroatoms. The number of fused-ring (bicyclic) bond motifs is 1. The van der Waals surface area contributed by atoms with Crippen LogP contribution in [0.4, 0.5) is 5.82 Å². The lowest BCUT2D eigenvalue weighted by Crippen LogP contribution is -2.25. The second-order valence-electron chi connectivity index (χ2n) is 7.01. The first kappa shape index (κ1) is 16.7. The van der Waals surface area contributed by atoms with Crippen LogP contribution in [-0.4, -0.2) is 38.9 Å². The topological polar surface area (TPSA) is 62.5 Å². The van der Waals surface area contributed by atoms with Gasteiger partial charge in [-0.15, -0.1) is 0 Å². The molecule has 6 nitrogen and oxygen atoms in total. The van der Waals surface area contributed by atoms with E-state index in [1.807, 2.05) is 43.5 Å². The SMILES string of the molecule is Cc1ccc2nc(CN3CC[C@@H](CNc4ccccn4)C3)cc(=O)n2c1. The van der Waals surface area contributed by atoms with Gasteiger partial charge in [-0.25, -0.2) is 9.97 Å². The van der Waals surface area contributed by atoms with Gasteiger partial charge < -0.3 is 5.32 Å². The average molecular weight is 349 g/mol. The van der Waals surface area contributed by atoms with Crippen molar-refractivity contribution in [3.8, 4) is 0 Å². The van der Waals surface area contributed by atoms with E-state index in [1.54, 1.807) is 16.7 Å². The highest BCUT2D eigenvalue weighted by Gasteiger charge is 2.23. The quantitative estimate of drug-likeness (QED) is 0.766. The van der Waals surface area contributed by atoms with Crippen LogP contribution in [0.1, 0.15) is 17.7 Å². The molecule has 0 spiro atoms. The second-order valence-corrected chi connectivity index (χ2v) is 7.01. The van der Waals surface area contributed by atoms with Crippen molar-refractivity contribution in [1.29, 1.82) is 0 Å². The first-order chi connectivity index (χ1) is 12.7. The van der Waals surface area contributed by atoms with Crippen molar-refractivity contribution < 1.29 is 0 Å². The molecule has 3 aromatic rings. The number of rotatable bonds is 5. The maximum atomic E-state index is 12.3. The molecule has 0 aromatic carbocycles. The van der Waals surface area contributed by atoms with Gasteiger partial charge in [0.05, 0.1) is 5.69 Å². The van der Waals surface area contributed by atoms with E-state index in [9.17, 15) is 4.79 Å². The normalized spacial score (nSPS) is 17.7. The fourth-order valence-electron chi connectivity index (χ4n) is 3.51. The van der Waals surface area contributed by atoms with Gasteiger partial charge in [0.15, 0.2) is 0 Å². The van der Waals surface area contributed by atoms with Crippen molar-refractivity contribution in [1.82, 2.24) is 19.3 Å². The van der Waals surface area contributed by atoms with Crippen LogP contribution < -0.4 is 10.9 Å². The first-order valence-electron chi connectivity index (χ1n) is 9.03. The Kier molecular flexibility index (Phi) is 4.67. The van der Waals surface area contributed by atoms with E-state index in [0.717, 1.165) is 49.7 Å². The Morgan fingerprint density at radius 1 is 1.27 bits per heavy atom. The largest absolute Gasteiger partial charge is 0.370 e. The minimum Gasteiger partial charge on any atom is -0.370 e. The van der Waals surface area contributed by atoms with Gasteiger partial charge in [-0.1, -0.05) is 12.1 Å². The van der Waals surface area contributed by atoms with Gasteiger partial charge in [-0.3, -0.25) is 14.1 Å². The number of anilines is 1. The molecule has 0 saturated carbocycles. The predicted molar refractivity (Wildman–Crippen MR) is 102 cm³/mol. The lowest BCUT2D eigenvalue weighted by Gasteiger charge is -2.16. The molecule has 0 amide bonds. The fraction of sp³-hybridized carbons (Fsp3) is 0.350. The summed E-state index contributed by atoms with van der Waals surface area (Å²) < 4.78 is 1.61. The van der Waals surface area contributed by atoms with Crippen molar-refractivity contribution in [2.75, 3.05) is 25.0 Å². The van der Waals surface area contributed by atoms with E-state index in [-0.39, 0.29) is 5.56 Å². The number of likely N-dealkylation sites (tertiary alicyclic amines) is 1. The molecule has 134 valence electrons. The van der Waals surface area contributed by atoms with Gasteiger partial charge >= 0.3 is 0 Å². The Hall–Kier alpha value is -2.73. The number of nitrogens with zero attached hydrogens (tertiary/aromatic N) is 4. The molecule has 0 aliphatic carbocycles. The molecule has 1 N–H and O–H groups in total. The third kappa shape index (κ3) is 3.75. The molecule has 3 aromatic heterocycles. The van der Waals surface area contributed by atoms with E-state index in [2.05, 4.69) is 20.2 Å². The van der Waals surface area contributed by atoms with E-state index < -0.39 is 0 Å². The molecular weight excluding hydrogens is 326 g/mol. The third-order valence-corrected chi connectivity index (χ3v) is 4.85. The first-order valence-corrected chi connectivity index (χ1v) is 9.03. The second kappa shape index (κ2) is 7.25. The lowest BCUT2D eigenvalue weighted by molar-refractivity contribution is 0.315. The van der Waals surface area contributed by atoms with Crippen molar-refractivity contribution >= 4 is 11.5 Å². The summed E-state index contributed by atoms with van der Waals surface area (Å²) in [6.07, 6.45) is 4.78. The number of hydrogen-bond donors (Lipinski definition) is 1. The molecule has 4 heterocycles. The van der Waals surface area contributed by atoms with E-state index >= 15 is 0 Å². The fourth-order valence-corrected chi connectivity index (χ4v) is 3.51. The molecule has 1 fully saturated rings. The number of nitrogens with one attached hydrogen (secondary N) is 1. The van der Waals surface area contributed by atoms with Gasteiger partial charge in [0, 0.05) is 38.1 Å². The van der Waals surface area contributed by atoms with Crippen molar-refractivity contribution in [3.63, 3.8) is 0 Å². The zero-order valence-corrected chi connectivity index (χ0v) is 14.9. The summed E-state index contributed by atoms with van der Waals surface area (Å²) in [5.74, 6) is 1.51. The molecular formula is C20H23N5O. The molecule has 1 saturated heterocycles. The standard InChI is InChI=1S/C20H23N5O/c1-15-5-6-19-23-17(10-20(26)25(19)12-15)14-24-9-7-16(13-24)11-22-18-4-2-3-8-21-18/h2-6,8,10,12,16H,7,9,11,13-14H2,1H3,(H,21,22)/t16-/m0/s1. The smallest absolute Gasteiger partial charge is 0.258 e. The van der Waals surface area contributed by atoms with Crippen molar-refractivity contribution in [2.24, 2.45) is 5.92 Å². The van der Waals surface area contributed by atoms with Crippen LogP contribution in [0.25, 0.3) is 5.65 Å². The van der Waals surface area contributed by atoms with Crippen molar-refractivity contribution in [2.45, 2.75) is 19.9 Å². The minimum absolute atomic E-state index is 0.0127. The molecule has 0 radical (unpaired) electrons. The lowest BCUT2D eigenvalue weighted by atomic mass is 10.1. The van der Waals surface area contributed by atoms with E-state index in [4.69, 9.17) is 0 Å².